The van der Waals surface area contributed by atoms with Gasteiger partial charge in [-0.15, -0.1) is 0 Å². The molecular formula is C44H50F3N2Na4O12S4+5. The SMILES string of the molecule is CC1(C)C(/C=C/C2=C(c3c(F)cc(F)cc3F)C(=C/C=C3/N(CCCCS(=O)(=O)O)c4ccc(S(=O)(=O)O)cc4C3(C)C)/CCC2)=[N+](CCCCS(=O)(=O)O)c2ccc(S(=O)(=O)O)cc21.[Na+].[Na+].[Na+].[Na+]. The van der Waals surface area contributed by atoms with Crippen LogP contribution in [0.3, 0.4) is 0 Å². The largest absolute Gasteiger partial charge is 1.00 e. The van der Waals surface area contributed by atoms with Crippen LogP contribution in [0.15, 0.2) is 99.5 Å². The van der Waals surface area contributed by atoms with Crippen LogP contribution < -0.4 is 123 Å². The molecule has 3 aromatic carbocycles. The molecule has 0 saturated heterocycles. The topological polar surface area (TPSA) is 224 Å². The van der Waals surface area contributed by atoms with Crippen LogP contribution >= 0.6 is 0 Å². The normalized spacial score (nSPS) is 17.9. The van der Waals surface area contributed by atoms with E-state index in [1.165, 1.54) is 36.4 Å². The van der Waals surface area contributed by atoms with Gasteiger partial charge in [-0.3, -0.25) is 18.2 Å². The van der Waals surface area contributed by atoms with Crippen molar-refractivity contribution in [3.63, 3.8) is 0 Å². The number of unbranched alkanes of at least 4 members (excludes halogenated alkanes) is 2. The zero-order valence-electron chi connectivity index (χ0n) is 39.9. The zero-order chi connectivity index (χ0) is 48.1. The fraction of sp³-hybridized carbons (Fsp3) is 0.386. The van der Waals surface area contributed by atoms with Gasteiger partial charge < -0.3 is 4.90 Å². The molecule has 14 nitrogen and oxygen atoms in total. The summed E-state index contributed by atoms with van der Waals surface area (Å²) in [6.07, 6.45) is 8.55. The summed E-state index contributed by atoms with van der Waals surface area (Å²) in [5.74, 6) is -4.48. The predicted octanol–water partition coefficient (Wildman–Crippen LogP) is -3.87. The van der Waals surface area contributed by atoms with Crippen LogP contribution in [-0.4, -0.2) is 86.8 Å². The Morgan fingerprint density at radius 2 is 1.19 bits per heavy atom. The summed E-state index contributed by atoms with van der Waals surface area (Å²) in [6.45, 7) is 7.63. The molecule has 2 heterocycles. The first kappa shape index (κ1) is 64.6. The van der Waals surface area contributed by atoms with Gasteiger partial charge >= 0.3 is 118 Å². The second-order valence-electron chi connectivity index (χ2n) is 17.3. The third-order valence-corrected chi connectivity index (χ3v) is 15.4. The maximum absolute atomic E-state index is 16.0. The fourth-order valence-corrected chi connectivity index (χ4v) is 11.1. The van der Waals surface area contributed by atoms with E-state index in [-0.39, 0.29) is 172 Å². The van der Waals surface area contributed by atoms with Crippen LogP contribution in [-0.2, 0) is 51.3 Å². The van der Waals surface area contributed by atoms with Crippen molar-refractivity contribution in [2.24, 2.45) is 0 Å². The fourth-order valence-electron chi connectivity index (χ4n) is 8.94. The quantitative estimate of drug-likeness (QED) is 0.0468. The molecule has 0 spiro atoms. The molecule has 0 aromatic heterocycles. The number of benzene rings is 3. The molecule has 1 aliphatic carbocycles. The van der Waals surface area contributed by atoms with Crippen molar-refractivity contribution in [1.82, 2.24) is 0 Å². The van der Waals surface area contributed by atoms with Gasteiger partial charge in [0.05, 0.1) is 32.3 Å². The van der Waals surface area contributed by atoms with Gasteiger partial charge in [0.25, 0.3) is 40.5 Å². The van der Waals surface area contributed by atoms with Crippen molar-refractivity contribution in [1.29, 1.82) is 0 Å². The first-order chi connectivity index (χ1) is 30.0. The van der Waals surface area contributed by atoms with E-state index < -0.39 is 85.8 Å². The molecule has 25 heteroatoms. The van der Waals surface area contributed by atoms with Gasteiger partial charge in [-0.25, -0.2) is 13.2 Å². The van der Waals surface area contributed by atoms with Gasteiger partial charge in [0.1, 0.15) is 24.0 Å². The van der Waals surface area contributed by atoms with E-state index in [1.807, 2.05) is 9.48 Å². The second-order valence-corrected chi connectivity index (χ2v) is 23.3. The Labute approximate surface area is 491 Å². The first-order valence-electron chi connectivity index (χ1n) is 20.6. The van der Waals surface area contributed by atoms with Gasteiger partial charge in [-0.2, -0.15) is 38.2 Å². The smallest absolute Gasteiger partial charge is 0.344 e. The molecule has 0 unspecified atom stereocenters. The molecule has 3 aromatic rings. The Morgan fingerprint density at radius 3 is 1.74 bits per heavy atom. The molecule has 4 N–H and O–H groups in total. The average molecular weight is 1080 g/mol. The van der Waals surface area contributed by atoms with Gasteiger partial charge in [0.15, 0.2) is 5.71 Å². The zero-order valence-corrected chi connectivity index (χ0v) is 51.2. The number of fused-ring (bicyclic) bond motifs is 2. The Hall–Kier alpha value is -0.480. The van der Waals surface area contributed by atoms with E-state index in [4.69, 9.17) is 0 Å². The minimum atomic E-state index is -4.61. The molecule has 0 bridgehead atoms. The molecule has 69 heavy (non-hydrogen) atoms. The van der Waals surface area contributed by atoms with Crippen molar-refractivity contribution >= 4 is 63.1 Å². The van der Waals surface area contributed by atoms with E-state index in [2.05, 4.69) is 0 Å². The molecule has 3 aliphatic rings. The molecule has 0 radical (unpaired) electrons. The van der Waals surface area contributed by atoms with E-state index in [0.29, 0.717) is 76.5 Å². The molecule has 352 valence electrons. The van der Waals surface area contributed by atoms with Crippen molar-refractivity contribution < 1.29 is 188 Å². The Balaban J connectivity index is 0.00000408. The summed E-state index contributed by atoms with van der Waals surface area (Å²) in [4.78, 5) is 1.13. The monoisotopic (exact) mass is 1080 g/mol. The Morgan fingerprint density at radius 1 is 0.652 bits per heavy atom. The van der Waals surface area contributed by atoms with E-state index >= 15 is 8.78 Å². The maximum atomic E-state index is 16.0. The number of allylic oxidation sites excluding steroid dienone is 8. The van der Waals surface area contributed by atoms with Crippen LogP contribution in [0, 0.1) is 17.5 Å². The van der Waals surface area contributed by atoms with Crippen LogP contribution in [0.1, 0.15) is 89.3 Å². The number of hydrogen-bond acceptors (Lipinski definition) is 9. The summed E-state index contributed by atoms with van der Waals surface area (Å²) in [5, 5.41) is 0. The maximum Gasteiger partial charge on any atom is 1.00 e. The van der Waals surface area contributed by atoms with Crippen molar-refractivity contribution in [2.75, 3.05) is 29.5 Å². The predicted molar refractivity (Wildman–Crippen MR) is 239 cm³/mol. The number of rotatable bonds is 16. The third kappa shape index (κ3) is 15.3. The molecule has 0 saturated carbocycles. The summed E-state index contributed by atoms with van der Waals surface area (Å²) in [6, 6.07) is 9.30. The molecule has 0 fully saturated rings. The summed E-state index contributed by atoms with van der Waals surface area (Å²) >= 11 is 0. The third-order valence-electron chi connectivity index (χ3n) is 12.1. The van der Waals surface area contributed by atoms with Gasteiger partial charge in [0.2, 0.25) is 5.69 Å². The molecule has 2 aliphatic heterocycles. The van der Waals surface area contributed by atoms with Crippen LogP contribution in [0.4, 0.5) is 24.5 Å². The van der Waals surface area contributed by atoms with Crippen molar-refractivity contribution in [3.8, 4) is 0 Å². The van der Waals surface area contributed by atoms with E-state index in [1.54, 1.807) is 52.0 Å². The molecule has 0 atom stereocenters. The summed E-state index contributed by atoms with van der Waals surface area (Å²) < 4.78 is 181. The van der Waals surface area contributed by atoms with Gasteiger partial charge in [-0.1, -0.05) is 26.0 Å². The number of halogens is 3. The number of hydrogen-bond donors (Lipinski definition) is 4. The Kier molecular flexibility index (Phi) is 23.3. The number of nitrogens with zero attached hydrogens (tertiary/aromatic N) is 2. The van der Waals surface area contributed by atoms with E-state index in [9.17, 15) is 56.3 Å². The van der Waals surface area contributed by atoms with Gasteiger partial charge in [-0.05, 0) is 111 Å². The van der Waals surface area contributed by atoms with Crippen molar-refractivity contribution in [2.45, 2.75) is 93.3 Å². The van der Waals surface area contributed by atoms with Crippen LogP contribution in [0.2, 0.25) is 0 Å². The average Bonchev–Trinajstić information content (AvgIpc) is 3.52. The minimum Gasteiger partial charge on any atom is -0.344 e. The minimum absolute atomic E-state index is 0. The molecule has 6 rings (SSSR count). The van der Waals surface area contributed by atoms with Crippen LogP contribution in [0.5, 0.6) is 0 Å². The van der Waals surface area contributed by atoms with Gasteiger partial charge in [0, 0.05) is 59.6 Å². The standard InChI is InChI=1S/C44H49F3N2O12S4.4Na/c1-43(2)33-26-31(64(56,57)58)14-16-37(33)48(20-5-7-22-62(50,51)52)39(43)18-12-28-10-9-11-29(41(28)42-35(46)24-30(45)25-36(42)47)13-19-40-44(3,4)34-27-32(65(59,60)61)15-17-38(34)49(40)21-6-8-23-63(53,54)55;;;;/h12-19,24-27H,5-11,20-23H2,1-4H3,(H3-,50,51,52,53,54,55,56,57,58,59,60,61);;;;/q;4*+1/p+1. The van der Waals surface area contributed by atoms with E-state index in [0.717, 1.165) is 0 Å². The Bertz CT molecular complexity index is 3060. The summed E-state index contributed by atoms with van der Waals surface area (Å²) in [5.41, 5.74) is 1.91. The number of anilines is 1. The molecule has 0 amide bonds. The van der Waals surface area contributed by atoms with Crippen molar-refractivity contribution in [3.05, 3.63) is 124 Å². The second kappa shape index (κ2) is 24.9. The first-order valence-corrected chi connectivity index (χ1v) is 26.7. The summed E-state index contributed by atoms with van der Waals surface area (Å²) in [7, 11) is -17.7. The molecular weight excluding hydrogens is 1030 g/mol. The van der Waals surface area contributed by atoms with Crippen LogP contribution in [0.25, 0.3) is 5.57 Å².